The molecule has 0 spiro atoms. The van der Waals surface area contributed by atoms with E-state index in [-0.39, 0.29) is 18.6 Å². The van der Waals surface area contributed by atoms with Crippen LogP contribution in [0, 0.1) is 13.8 Å². The molecule has 0 aliphatic rings. The quantitative estimate of drug-likeness (QED) is 0.720. The summed E-state index contributed by atoms with van der Waals surface area (Å²) in [5.41, 5.74) is 1.60. The minimum absolute atomic E-state index is 0.145. The van der Waals surface area contributed by atoms with Crippen LogP contribution in [-0.4, -0.2) is 12.5 Å². The summed E-state index contributed by atoms with van der Waals surface area (Å²) in [7, 11) is 0. The van der Waals surface area contributed by atoms with Crippen LogP contribution in [0.4, 0.5) is 0 Å². The van der Waals surface area contributed by atoms with Crippen molar-refractivity contribution < 1.29 is 18.4 Å². The Hall–Kier alpha value is -3.02. The zero-order chi connectivity index (χ0) is 18.0. The van der Waals surface area contributed by atoms with Gasteiger partial charge in [0.2, 0.25) is 0 Å². The Labute approximate surface area is 144 Å². The van der Waals surface area contributed by atoms with Crippen LogP contribution >= 0.6 is 0 Å². The molecule has 0 unspecified atom stereocenters. The van der Waals surface area contributed by atoms with Crippen molar-refractivity contribution in [1.82, 2.24) is 5.32 Å². The highest BCUT2D eigenvalue weighted by atomic mass is 16.5. The van der Waals surface area contributed by atoms with Crippen LogP contribution in [-0.2, 0) is 4.79 Å². The van der Waals surface area contributed by atoms with Crippen molar-refractivity contribution in [3.05, 3.63) is 63.9 Å². The fraction of sp³-hybridized carbons (Fsp3) is 0.263. The molecule has 3 rings (SSSR count). The minimum Gasteiger partial charge on any atom is -0.483 e. The summed E-state index contributed by atoms with van der Waals surface area (Å²) in [4.78, 5) is 23.6. The van der Waals surface area contributed by atoms with E-state index in [2.05, 4.69) is 5.32 Å². The SMILES string of the molecule is Cc1cc(=O)oc2c(C)c(OCC(=O)N[C@@H](C)c3ccco3)ccc12. The average Bonchev–Trinajstić information content (AvgIpc) is 3.09. The topological polar surface area (TPSA) is 81.7 Å². The first kappa shape index (κ1) is 16.8. The highest BCUT2D eigenvalue weighted by Crippen LogP contribution is 2.28. The lowest BCUT2D eigenvalue weighted by Crippen LogP contribution is -2.31. The third-order valence-electron chi connectivity index (χ3n) is 4.02. The predicted octanol–water partition coefficient (Wildman–Crippen LogP) is 3.26. The van der Waals surface area contributed by atoms with Crippen LogP contribution < -0.4 is 15.7 Å². The second-order valence-electron chi connectivity index (χ2n) is 5.91. The molecule has 2 heterocycles. The molecule has 0 radical (unpaired) electrons. The number of carbonyl (C=O) groups excluding carboxylic acids is 1. The second kappa shape index (κ2) is 6.84. The molecule has 1 N–H and O–H groups in total. The van der Waals surface area contributed by atoms with Gasteiger partial charge < -0.3 is 18.9 Å². The number of ether oxygens (including phenoxy) is 1. The highest BCUT2D eigenvalue weighted by Gasteiger charge is 2.14. The van der Waals surface area contributed by atoms with E-state index in [1.54, 1.807) is 31.4 Å². The molecule has 0 saturated carbocycles. The Morgan fingerprint density at radius 3 is 2.80 bits per heavy atom. The summed E-state index contributed by atoms with van der Waals surface area (Å²) in [5.74, 6) is 0.906. The number of carbonyl (C=O) groups is 1. The van der Waals surface area contributed by atoms with Gasteiger partial charge in [-0.15, -0.1) is 0 Å². The number of furan rings is 1. The number of benzene rings is 1. The van der Waals surface area contributed by atoms with Crippen LogP contribution in [0.2, 0.25) is 0 Å². The number of hydrogen-bond donors (Lipinski definition) is 1. The molecule has 2 aromatic heterocycles. The molecule has 0 saturated heterocycles. The third kappa shape index (κ3) is 3.57. The van der Waals surface area contributed by atoms with Gasteiger partial charge in [0.1, 0.15) is 17.1 Å². The van der Waals surface area contributed by atoms with Crippen LogP contribution in [0.3, 0.4) is 0 Å². The highest BCUT2D eigenvalue weighted by molar-refractivity contribution is 5.85. The summed E-state index contributed by atoms with van der Waals surface area (Å²) >= 11 is 0. The first-order valence-electron chi connectivity index (χ1n) is 7.95. The summed E-state index contributed by atoms with van der Waals surface area (Å²) in [5, 5.41) is 3.64. The van der Waals surface area contributed by atoms with Gasteiger partial charge in [-0.1, -0.05) is 0 Å². The molecular formula is C19H19NO5. The maximum absolute atomic E-state index is 12.1. The van der Waals surface area contributed by atoms with Gasteiger partial charge in [0.15, 0.2) is 6.61 Å². The van der Waals surface area contributed by atoms with Gasteiger partial charge in [0.05, 0.1) is 12.3 Å². The van der Waals surface area contributed by atoms with Gasteiger partial charge >= 0.3 is 5.63 Å². The van der Waals surface area contributed by atoms with Crippen molar-refractivity contribution >= 4 is 16.9 Å². The van der Waals surface area contributed by atoms with E-state index in [1.165, 1.54) is 6.07 Å². The zero-order valence-corrected chi connectivity index (χ0v) is 14.3. The number of rotatable bonds is 5. The van der Waals surface area contributed by atoms with Crippen molar-refractivity contribution in [2.45, 2.75) is 26.8 Å². The minimum atomic E-state index is -0.407. The van der Waals surface area contributed by atoms with Gasteiger partial charge in [-0.25, -0.2) is 4.79 Å². The number of nitrogens with one attached hydrogen (secondary N) is 1. The van der Waals surface area contributed by atoms with E-state index in [4.69, 9.17) is 13.6 Å². The maximum Gasteiger partial charge on any atom is 0.336 e. The smallest absolute Gasteiger partial charge is 0.336 e. The largest absolute Gasteiger partial charge is 0.483 e. The molecule has 6 heteroatoms. The number of fused-ring (bicyclic) bond motifs is 1. The van der Waals surface area contributed by atoms with Gasteiger partial charge in [-0.05, 0) is 50.6 Å². The van der Waals surface area contributed by atoms with Gasteiger partial charge in [0.25, 0.3) is 5.91 Å². The van der Waals surface area contributed by atoms with E-state index < -0.39 is 5.63 Å². The maximum atomic E-state index is 12.1. The summed E-state index contributed by atoms with van der Waals surface area (Å²) < 4.78 is 16.1. The fourth-order valence-electron chi connectivity index (χ4n) is 2.69. The molecule has 1 atom stereocenters. The fourth-order valence-corrected chi connectivity index (χ4v) is 2.69. The molecule has 3 aromatic rings. The Bertz CT molecular complexity index is 956. The number of hydrogen-bond acceptors (Lipinski definition) is 5. The Morgan fingerprint density at radius 1 is 1.28 bits per heavy atom. The van der Waals surface area contributed by atoms with Crippen LogP contribution in [0.15, 0.2) is 50.2 Å². The van der Waals surface area contributed by atoms with E-state index in [1.807, 2.05) is 19.9 Å². The lowest BCUT2D eigenvalue weighted by molar-refractivity contribution is -0.123. The van der Waals surface area contributed by atoms with Gasteiger partial charge in [-0.3, -0.25) is 4.79 Å². The van der Waals surface area contributed by atoms with Crippen LogP contribution in [0.25, 0.3) is 11.0 Å². The van der Waals surface area contributed by atoms with Crippen molar-refractivity contribution in [1.29, 1.82) is 0 Å². The van der Waals surface area contributed by atoms with Gasteiger partial charge in [0, 0.05) is 17.0 Å². The molecule has 0 aliphatic heterocycles. The van der Waals surface area contributed by atoms with Crippen molar-refractivity contribution in [3.63, 3.8) is 0 Å². The first-order valence-corrected chi connectivity index (χ1v) is 7.95. The standard InChI is InChI=1S/C19H19NO5/c1-11-9-18(22)25-19-12(2)15(7-6-14(11)19)24-10-17(21)20-13(3)16-5-4-8-23-16/h4-9,13H,10H2,1-3H3,(H,20,21)/t13-/m0/s1. The molecular weight excluding hydrogens is 322 g/mol. The van der Waals surface area contributed by atoms with Crippen LogP contribution in [0.1, 0.15) is 29.9 Å². The Kier molecular flexibility index (Phi) is 4.61. The summed E-state index contributed by atoms with van der Waals surface area (Å²) in [6.45, 7) is 5.33. The van der Waals surface area contributed by atoms with E-state index in [9.17, 15) is 9.59 Å². The normalized spacial score (nSPS) is 12.1. The Morgan fingerprint density at radius 2 is 2.08 bits per heavy atom. The first-order chi connectivity index (χ1) is 12.0. The predicted molar refractivity (Wildman–Crippen MR) is 92.7 cm³/mol. The third-order valence-corrected chi connectivity index (χ3v) is 4.02. The molecule has 6 nitrogen and oxygen atoms in total. The number of aryl methyl sites for hydroxylation is 2. The van der Waals surface area contributed by atoms with E-state index >= 15 is 0 Å². The zero-order valence-electron chi connectivity index (χ0n) is 14.3. The molecule has 0 fully saturated rings. The van der Waals surface area contributed by atoms with Gasteiger partial charge in [-0.2, -0.15) is 0 Å². The molecule has 1 aromatic carbocycles. The van der Waals surface area contributed by atoms with Crippen molar-refractivity contribution in [3.8, 4) is 5.75 Å². The summed E-state index contributed by atoms with van der Waals surface area (Å²) in [6, 6.07) is 8.36. The van der Waals surface area contributed by atoms with Crippen molar-refractivity contribution in [2.75, 3.05) is 6.61 Å². The molecule has 25 heavy (non-hydrogen) atoms. The summed E-state index contributed by atoms with van der Waals surface area (Å²) in [6.07, 6.45) is 1.56. The molecule has 130 valence electrons. The average molecular weight is 341 g/mol. The Balaban J connectivity index is 1.72. The van der Waals surface area contributed by atoms with E-state index in [0.717, 1.165) is 10.9 Å². The molecule has 1 amide bonds. The molecule has 0 bridgehead atoms. The lowest BCUT2D eigenvalue weighted by Gasteiger charge is -2.14. The van der Waals surface area contributed by atoms with Crippen molar-refractivity contribution in [2.24, 2.45) is 0 Å². The number of amides is 1. The van der Waals surface area contributed by atoms with E-state index in [0.29, 0.717) is 22.7 Å². The molecule has 0 aliphatic carbocycles. The second-order valence-corrected chi connectivity index (χ2v) is 5.91. The lowest BCUT2D eigenvalue weighted by atomic mass is 10.1. The monoisotopic (exact) mass is 341 g/mol. The van der Waals surface area contributed by atoms with Crippen LogP contribution in [0.5, 0.6) is 5.75 Å².